The molecule has 82 heavy (non-hydrogen) atoms. The van der Waals surface area contributed by atoms with Gasteiger partial charge in [-0.05, 0) is 42.2 Å². The van der Waals surface area contributed by atoms with Crippen molar-refractivity contribution < 1.29 is 72.9 Å². The molecule has 0 aromatic heterocycles. The first kappa shape index (κ1) is 69.3. The summed E-state index contributed by atoms with van der Waals surface area (Å²) >= 11 is 0. The minimum atomic E-state index is -1.67. The zero-order chi connectivity index (χ0) is 61.3. The molecular formula is C52H79N15O15. The fourth-order valence-electron chi connectivity index (χ4n) is 7.59. The van der Waals surface area contributed by atoms with Gasteiger partial charge in [0, 0.05) is 19.4 Å². The Bertz CT molecular complexity index is 2490. The lowest BCUT2D eigenvalue weighted by molar-refractivity contribution is -0.142. The molecule has 0 radical (unpaired) electrons. The molecule has 0 fully saturated rings. The summed E-state index contributed by atoms with van der Waals surface area (Å²) in [6.45, 7) is 1.92. The van der Waals surface area contributed by atoms with Crippen molar-refractivity contribution in [1.82, 2.24) is 63.8 Å². The maximum atomic E-state index is 13.5. The number of aliphatic hydroxyl groups excluding tert-OH is 2. The van der Waals surface area contributed by atoms with Gasteiger partial charge in [0.25, 0.3) is 0 Å². The average Bonchev–Trinajstić information content (AvgIpc) is 3.46. The predicted molar refractivity (Wildman–Crippen MR) is 295 cm³/mol. The standard InChI is InChI=1S/C52H79N15O15/c1-5-30(4)44(67-43(74)26-59-46(76)35(20-31-13-8-6-9-14-31)62-40(71)23-57-39(70)22-53)50(80)66-37(27-68)47(77)60-24-41(72)61-34(19-29(2)3)45(75)58-25-42(73)63-38(28-69)49(79)64-33(17-12-18-56-52(54)55)48(78)65-36(51(81)82)21-32-15-10-7-11-16-32/h6-11,13-16,29-30,33-38,44,68-69H,5,12,17-28,53H2,1-4H3,(H,57,70)(H,58,75)(H,59,76)(H,60,77)(H,61,72)(H,62,71)(H,63,73)(H,64,79)(H,65,78)(H,66,80)(H,67,74)(H,81,82)(H4,54,55,56)/t30-,33-,34-,35-,36-,37-,38-,44-/m0/s1. The van der Waals surface area contributed by atoms with Crippen molar-refractivity contribution in [1.29, 1.82) is 5.41 Å². The van der Waals surface area contributed by atoms with Gasteiger partial charge < -0.3 is 90.6 Å². The molecule has 2 rings (SSSR count). The molecule has 0 aliphatic carbocycles. The van der Waals surface area contributed by atoms with Gasteiger partial charge in [0.1, 0.15) is 42.3 Å². The van der Waals surface area contributed by atoms with Crippen LogP contribution in [0.4, 0.5) is 0 Å². The lowest BCUT2D eigenvalue weighted by Crippen LogP contribution is -2.59. The molecule has 20 N–H and O–H groups in total. The number of hydrogen-bond donors (Lipinski definition) is 18. The molecule has 0 unspecified atom stereocenters. The summed E-state index contributed by atoms with van der Waals surface area (Å²) in [7, 11) is 0. The van der Waals surface area contributed by atoms with E-state index in [2.05, 4.69) is 63.8 Å². The van der Waals surface area contributed by atoms with Gasteiger partial charge in [0.2, 0.25) is 65.0 Å². The number of carboxylic acid groups (broad SMARTS) is 1. The third kappa shape index (κ3) is 26.9. The van der Waals surface area contributed by atoms with Crippen LogP contribution >= 0.6 is 0 Å². The summed E-state index contributed by atoms with van der Waals surface area (Å²) in [5.74, 6) is -12.0. The van der Waals surface area contributed by atoms with E-state index < -0.39 is 159 Å². The smallest absolute Gasteiger partial charge is 0.326 e. The SMILES string of the molecule is CC[C@H](C)[C@H](NC(=O)CNC(=O)[C@H](Cc1ccccc1)NC(=O)CNC(=O)CN)C(=O)N[C@@H](CO)C(=O)NCC(=O)N[C@@H](CC(C)C)C(=O)NCC(=O)N[C@@H](CO)C(=O)N[C@@H](CCCNC(=N)N)C(=O)N[C@@H](Cc1ccccc1)C(=O)O. The number of nitrogens with two attached hydrogens (primary N) is 2. The third-order valence-corrected chi connectivity index (χ3v) is 12.2. The molecule has 0 heterocycles. The normalized spacial score (nSPS) is 13.7. The zero-order valence-corrected chi connectivity index (χ0v) is 46.3. The minimum absolute atomic E-state index is 0.0126. The number of carbonyl (C=O) groups excluding carboxylic acids is 11. The van der Waals surface area contributed by atoms with Crippen LogP contribution < -0.4 is 75.3 Å². The van der Waals surface area contributed by atoms with Crippen molar-refractivity contribution in [2.24, 2.45) is 23.3 Å². The van der Waals surface area contributed by atoms with Crippen LogP contribution in [-0.2, 0) is 70.4 Å². The molecule has 452 valence electrons. The molecule has 8 atom stereocenters. The van der Waals surface area contributed by atoms with Gasteiger partial charge >= 0.3 is 5.97 Å². The Morgan fingerprint density at radius 3 is 1.39 bits per heavy atom. The zero-order valence-electron chi connectivity index (χ0n) is 46.3. The van der Waals surface area contributed by atoms with Crippen LogP contribution in [0.15, 0.2) is 60.7 Å². The molecule has 0 spiro atoms. The highest BCUT2D eigenvalue weighted by atomic mass is 16.4. The topological polar surface area (TPSA) is 486 Å². The molecule has 30 nitrogen and oxygen atoms in total. The van der Waals surface area contributed by atoms with Crippen LogP contribution in [0.3, 0.4) is 0 Å². The van der Waals surface area contributed by atoms with E-state index in [-0.39, 0.29) is 57.1 Å². The number of hydrogen-bond acceptors (Lipinski definition) is 16. The van der Waals surface area contributed by atoms with Crippen molar-refractivity contribution in [3.8, 4) is 0 Å². The summed E-state index contributed by atoms with van der Waals surface area (Å²) in [4.78, 5) is 156. The molecule has 30 heteroatoms. The van der Waals surface area contributed by atoms with Crippen molar-refractivity contribution in [3.63, 3.8) is 0 Å². The second kappa shape index (κ2) is 37.2. The Hall–Kier alpha value is -8.77. The number of carboxylic acids is 1. The van der Waals surface area contributed by atoms with E-state index in [0.29, 0.717) is 17.5 Å². The molecule has 0 aliphatic rings. The van der Waals surface area contributed by atoms with Crippen molar-refractivity contribution in [3.05, 3.63) is 71.8 Å². The Kier molecular flexibility index (Phi) is 31.5. The quantitative estimate of drug-likeness (QED) is 0.0170. The Balaban J connectivity index is 2.03. The van der Waals surface area contributed by atoms with E-state index >= 15 is 0 Å². The Morgan fingerprint density at radius 1 is 0.500 bits per heavy atom. The number of aliphatic hydroxyl groups is 2. The molecule has 0 bridgehead atoms. The van der Waals surface area contributed by atoms with Crippen molar-refractivity contribution in [2.75, 3.05) is 52.5 Å². The Morgan fingerprint density at radius 2 is 0.915 bits per heavy atom. The summed E-state index contributed by atoms with van der Waals surface area (Å²) in [6.07, 6.45) is 0.339. The van der Waals surface area contributed by atoms with E-state index in [4.69, 9.17) is 16.9 Å². The van der Waals surface area contributed by atoms with Crippen LogP contribution in [-0.4, -0.2) is 187 Å². The summed E-state index contributed by atoms with van der Waals surface area (Å²) in [5.41, 5.74) is 11.9. The monoisotopic (exact) mass is 1150 g/mol. The highest BCUT2D eigenvalue weighted by Crippen LogP contribution is 2.10. The number of amides is 11. The van der Waals surface area contributed by atoms with Gasteiger partial charge in [-0.25, -0.2) is 4.79 Å². The predicted octanol–water partition coefficient (Wildman–Crippen LogP) is -6.29. The van der Waals surface area contributed by atoms with Crippen molar-refractivity contribution in [2.45, 2.75) is 109 Å². The van der Waals surface area contributed by atoms with Gasteiger partial charge in [-0.2, -0.15) is 0 Å². The first-order valence-corrected chi connectivity index (χ1v) is 26.4. The first-order chi connectivity index (χ1) is 38.9. The number of carbonyl (C=O) groups is 12. The van der Waals surface area contributed by atoms with Crippen LogP contribution in [0.2, 0.25) is 0 Å². The number of aliphatic carboxylic acids is 1. The summed E-state index contributed by atoms with van der Waals surface area (Å²) < 4.78 is 0. The summed E-state index contributed by atoms with van der Waals surface area (Å²) in [6, 6.07) is 7.17. The highest BCUT2D eigenvalue weighted by molar-refractivity contribution is 5.97. The van der Waals surface area contributed by atoms with Gasteiger partial charge in [-0.3, -0.25) is 58.1 Å². The molecule has 0 saturated carbocycles. The van der Waals surface area contributed by atoms with Gasteiger partial charge in [0.15, 0.2) is 5.96 Å². The second-order valence-electron chi connectivity index (χ2n) is 19.3. The molecule has 0 aliphatic heterocycles. The van der Waals surface area contributed by atoms with E-state index in [1.165, 1.54) is 0 Å². The number of nitrogens with one attached hydrogen (secondary N) is 13. The maximum Gasteiger partial charge on any atom is 0.326 e. The Labute approximate surface area is 473 Å². The third-order valence-electron chi connectivity index (χ3n) is 12.2. The maximum absolute atomic E-state index is 13.5. The molecule has 2 aromatic carbocycles. The lowest BCUT2D eigenvalue weighted by atomic mass is 9.98. The highest BCUT2D eigenvalue weighted by Gasteiger charge is 2.33. The van der Waals surface area contributed by atoms with E-state index in [0.717, 1.165) is 0 Å². The van der Waals surface area contributed by atoms with Crippen LogP contribution in [0.25, 0.3) is 0 Å². The van der Waals surface area contributed by atoms with E-state index in [9.17, 15) is 72.9 Å². The second-order valence-corrected chi connectivity index (χ2v) is 19.3. The fraction of sp³-hybridized carbons (Fsp3) is 0.519. The lowest BCUT2D eigenvalue weighted by Gasteiger charge is -2.26. The van der Waals surface area contributed by atoms with Crippen LogP contribution in [0.5, 0.6) is 0 Å². The fourth-order valence-corrected chi connectivity index (χ4v) is 7.59. The minimum Gasteiger partial charge on any atom is -0.480 e. The summed E-state index contributed by atoms with van der Waals surface area (Å²) in [5, 5.41) is 66.1. The average molecular weight is 1150 g/mol. The first-order valence-electron chi connectivity index (χ1n) is 26.4. The van der Waals surface area contributed by atoms with Gasteiger partial charge in [0.05, 0.1) is 45.9 Å². The molecule has 11 amide bonds. The molecular weight excluding hydrogens is 1070 g/mol. The molecule has 0 saturated heterocycles. The van der Waals surface area contributed by atoms with Crippen molar-refractivity contribution >= 4 is 76.9 Å². The number of rotatable bonds is 37. The number of guanidine groups is 1. The van der Waals surface area contributed by atoms with E-state index in [1.54, 1.807) is 88.4 Å². The largest absolute Gasteiger partial charge is 0.480 e. The van der Waals surface area contributed by atoms with Crippen LogP contribution in [0, 0.1) is 17.2 Å². The van der Waals surface area contributed by atoms with Gasteiger partial charge in [-0.1, -0.05) is 94.8 Å². The van der Waals surface area contributed by atoms with Gasteiger partial charge in [-0.15, -0.1) is 0 Å². The molecule has 2 aromatic rings. The number of benzene rings is 2. The van der Waals surface area contributed by atoms with E-state index in [1.807, 2.05) is 0 Å². The van der Waals surface area contributed by atoms with Crippen LogP contribution in [0.1, 0.15) is 64.5 Å².